The SMILES string of the molecule is O=S(=O)(c1ccc(F)cc1)N(CCN1CCOCC1)C1CCCNC1. The Labute approximate surface area is 149 Å². The third kappa shape index (κ3) is 4.77. The van der Waals surface area contributed by atoms with Crippen LogP contribution in [-0.2, 0) is 14.8 Å². The fourth-order valence-corrected chi connectivity index (χ4v) is 5.03. The zero-order valence-electron chi connectivity index (χ0n) is 14.4. The number of morpholine rings is 1. The number of benzene rings is 1. The third-order valence-corrected chi connectivity index (χ3v) is 6.80. The number of hydrogen-bond donors (Lipinski definition) is 1. The van der Waals surface area contributed by atoms with Crippen molar-refractivity contribution in [2.45, 2.75) is 23.8 Å². The summed E-state index contributed by atoms with van der Waals surface area (Å²) in [6, 6.07) is 5.04. The highest BCUT2D eigenvalue weighted by Gasteiger charge is 2.32. The summed E-state index contributed by atoms with van der Waals surface area (Å²) in [5.74, 6) is -0.432. The molecule has 0 spiro atoms. The first-order valence-electron chi connectivity index (χ1n) is 8.85. The number of nitrogens with one attached hydrogen (secondary N) is 1. The van der Waals surface area contributed by atoms with Crippen LogP contribution in [0.5, 0.6) is 0 Å². The predicted octanol–water partition coefficient (Wildman–Crippen LogP) is 0.901. The molecule has 140 valence electrons. The molecule has 2 heterocycles. The number of piperidine rings is 1. The van der Waals surface area contributed by atoms with Crippen molar-refractivity contribution in [3.8, 4) is 0 Å². The van der Waals surface area contributed by atoms with Crippen LogP contribution in [0.25, 0.3) is 0 Å². The first-order valence-corrected chi connectivity index (χ1v) is 10.3. The summed E-state index contributed by atoms with van der Waals surface area (Å²) in [5.41, 5.74) is 0. The third-order valence-electron chi connectivity index (χ3n) is 4.84. The highest BCUT2D eigenvalue weighted by molar-refractivity contribution is 7.89. The van der Waals surface area contributed by atoms with Crippen LogP contribution in [0, 0.1) is 5.82 Å². The van der Waals surface area contributed by atoms with Crippen LogP contribution in [-0.4, -0.2) is 76.1 Å². The summed E-state index contributed by atoms with van der Waals surface area (Å²) in [6.07, 6.45) is 1.80. The maximum absolute atomic E-state index is 13.2. The number of hydrogen-bond acceptors (Lipinski definition) is 5. The summed E-state index contributed by atoms with van der Waals surface area (Å²) in [6.45, 7) is 5.73. The van der Waals surface area contributed by atoms with Crippen molar-refractivity contribution in [1.29, 1.82) is 0 Å². The van der Waals surface area contributed by atoms with Gasteiger partial charge in [-0.1, -0.05) is 0 Å². The van der Waals surface area contributed by atoms with Crippen LogP contribution >= 0.6 is 0 Å². The molecule has 1 aromatic rings. The minimum Gasteiger partial charge on any atom is -0.379 e. The normalized spacial score (nSPS) is 23.0. The van der Waals surface area contributed by atoms with Crippen LogP contribution in [0.2, 0.25) is 0 Å². The number of halogens is 1. The van der Waals surface area contributed by atoms with Gasteiger partial charge in [0.2, 0.25) is 10.0 Å². The lowest BCUT2D eigenvalue weighted by atomic mass is 10.1. The molecule has 0 amide bonds. The Morgan fingerprint density at radius 3 is 2.60 bits per heavy atom. The molecule has 1 unspecified atom stereocenters. The molecule has 2 aliphatic heterocycles. The molecule has 2 saturated heterocycles. The Morgan fingerprint density at radius 2 is 1.96 bits per heavy atom. The molecule has 8 heteroatoms. The molecule has 6 nitrogen and oxygen atoms in total. The van der Waals surface area contributed by atoms with Crippen LogP contribution in [0.1, 0.15) is 12.8 Å². The van der Waals surface area contributed by atoms with Crippen molar-refractivity contribution in [2.24, 2.45) is 0 Å². The Hall–Kier alpha value is -1.06. The van der Waals surface area contributed by atoms with E-state index >= 15 is 0 Å². The highest BCUT2D eigenvalue weighted by Crippen LogP contribution is 2.22. The second-order valence-electron chi connectivity index (χ2n) is 6.52. The fraction of sp³-hybridized carbons (Fsp3) is 0.647. The average molecular weight is 371 g/mol. The van der Waals surface area contributed by atoms with Gasteiger partial charge in [-0.25, -0.2) is 12.8 Å². The standard InChI is InChI=1S/C17H26FN3O3S/c18-15-3-5-17(6-4-15)25(22,23)21(16-2-1-7-19-14-16)9-8-20-10-12-24-13-11-20/h3-6,16,19H,1-2,7-14H2. The molecule has 1 aromatic carbocycles. The van der Waals surface area contributed by atoms with Gasteiger partial charge in [0.15, 0.2) is 0 Å². The van der Waals surface area contributed by atoms with Crippen LogP contribution in [0.3, 0.4) is 0 Å². The number of sulfonamides is 1. The molecule has 0 aromatic heterocycles. The summed E-state index contributed by atoms with van der Waals surface area (Å²) in [5, 5.41) is 3.29. The quantitative estimate of drug-likeness (QED) is 0.805. The average Bonchev–Trinajstić information content (AvgIpc) is 2.64. The van der Waals surface area contributed by atoms with E-state index in [1.165, 1.54) is 24.3 Å². The minimum atomic E-state index is -3.65. The zero-order chi connectivity index (χ0) is 17.7. The lowest BCUT2D eigenvalue weighted by Gasteiger charge is -2.36. The van der Waals surface area contributed by atoms with Gasteiger partial charge in [-0.05, 0) is 43.7 Å². The highest BCUT2D eigenvalue weighted by atomic mass is 32.2. The van der Waals surface area contributed by atoms with Gasteiger partial charge in [-0.2, -0.15) is 4.31 Å². The number of rotatable bonds is 6. The summed E-state index contributed by atoms with van der Waals surface area (Å²) in [4.78, 5) is 2.38. The second kappa shape index (κ2) is 8.55. The van der Waals surface area contributed by atoms with E-state index in [0.29, 0.717) is 32.8 Å². The van der Waals surface area contributed by atoms with Crippen molar-refractivity contribution in [3.05, 3.63) is 30.1 Å². The second-order valence-corrected chi connectivity index (χ2v) is 8.41. The fourth-order valence-electron chi connectivity index (χ4n) is 3.38. The molecule has 2 fully saturated rings. The molecule has 0 aliphatic carbocycles. The minimum absolute atomic E-state index is 0.0650. The van der Waals surface area contributed by atoms with E-state index in [1.54, 1.807) is 4.31 Å². The number of nitrogens with zero attached hydrogens (tertiary/aromatic N) is 2. The van der Waals surface area contributed by atoms with Gasteiger partial charge in [-0.3, -0.25) is 4.90 Å². The van der Waals surface area contributed by atoms with E-state index in [-0.39, 0.29) is 10.9 Å². The van der Waals surface area contributed by atoms with Gasteiger partial charge < -0.3 is 10.1 Å². The van der Waals surface area contributed by atoms with Crippen LogP contribution < -0.4 is 5.32 Å². The molecular weight excluding hydrogens is 345 g/mol. The van der Waals surface area contributed by atoms with E-state index in [9.17, 15) is 12.8 Å². The van der Waals surface area contributed by atoms with E-state index in [2.05, 4.69) is 10.2 Å². The van der Waals surface area contributed by atoms with Crippen LogP contribution in [0.15, 0.2) is 29.2 Å². The molecule has 0 radical (unpaired) electrons. The van der Waals surface area contributed by atoms with E-state index in [4.69, 9.17) is 4.74 Å². The molecule has 3 rings (SSSR count). The Kier molecular flexibility index (Phi) is 6.40. The lowest BCUT2D eigenvalue weighted by Crippen LogP contribution is -2.51. The Balaban J connectivity index is 1.77. The van der Waals surface area contributed by atoms with Gasteiger partial charge in [0.1, 0.15) is 5.82 Å². The first-order chi connectivity index (χ1) is 12.1. The van der Waals surface area contributed by atoms with Crippen molar-refractivity contribution in [3.63, 3.8) is 0 Å². The topological polar surface area (TPSA) is 61.9 Å². The van der Waals surface area contributed by atoms with Gasteiger partial charge in [-0.15, -0.1) is 0 Å². The summed E-state index contributed by atoms with van der Waals surface area (Å²) >= 11 is 0. The van der Waals surface area contributed by atoms with Gasteiger partial charge in [0, 0.05) is 38.8 Å². The zero-order valence-corrected chi connectivity index (χ0v) is 15.2. The van der Waals surface area contributed by atoms with Gasteiger partial charge in [0.05, 0.1) is 18.1 Å². The van der Waals surface area contributed by atoms with Gasteiger partial charge >= 0.3 is 0 Å². The molecule has 25 heavy (non-hydrogen) atoms. The summed E-state index contributed by atoms with van der Waals surface area (Å²) in [7, 11) is -3.65. The van der Waals surface area contributed by atoms with E-state index in [0.717, 1.165) is 32.5 Å². The monoisotopic (exact) mass is 371 g/mol. The smallest absolute Gasteiger partial charge is 0.243 e. The predicted molar refractivity (Wildman–Crippen MR) is 93.4 cm³/mol. The first kappa shape index (κ1) is 18.7. The largest absolute Gasteiger partial charge is 0.379 e. The van der Waals surface area contributed by atoms with Crippen molar-refractivity contribution >= 4 is 10.0 Å². The molecule has 1 atom stereocenters. The van der Waals surface area contributed by atoms with Crippen molar-refractivity contribution in [2.75, 3.05) is 52.5 Å². The number of ether oxygens (including phenoxy) is 1. The maximum Gasteiger partial charge on any atom is 0.243 e. The van der Waals surface area contributed by atoms with E-state index in [1.807, 2.05) is 0 Å². The Morgan fingerprint density at radius 1 is 1.24 bits per heavy atom. The van der Waals surface area contributed by atoms with E-state index < -0.39 is 15.8 Å². The Bertz CT molecular complexity index is 642. The molecule has 1 N–H and O–H groups in total. The summed E-state index contributed by atoms with van der Waals surface area (Å²) < 4.78 is 46.4. The van der Waals surface area contributed by atoms with Crippen molar-refractivity contribution < 1.29 is 17.5 Å². The lowest BCUT2D eigenvalue weighted by molar-refractivity contribution is 0.0350. The van der Waals surface area contributed by atoms with Crippen molar-refractivity contribution in [1.82, 2.24) is 14.5 Å². The molecular formula is C17H26FN3O3S. The molecule has 2 aliphatic rings. The maximum atomic E-state index is 13.2. The molecule has 0 saturated carbocycles. The van der Waals surface area contributed by atoms with Crippen LogP contribution in [0.4, 0.5) is 4.39 Å². The molecule has 0 bridgehead atoms. The van der Waals surface area contributed by atoms with Gasteiger partial charge in [0.25, 0.3) is 0 Å².